The molecule has 0 saturated carbocycles. The number of hydrogen-bond acceptors (Lipinski definition) is 5. The second-order valence-corrected chi connectivity index (χ2v) is 6.96. The van der Waals surface area contributed by atoms with Crippen molar-refractivity contribution in [1.29, 1.82) is 0 Å². The minimum absolute atomic E-state index is 0.176. The molecule has 120 valence electrons. The van der Waals surface area contributed by atoms with Crippen LogP contribution >= 0.6 is 0 Å². The lowest BCUT2D eigenvalue weighted by Gasteiger charge is -2.32. The Hall–Kier alpha value is -1.18. The molecule has 6 nitrogen and oxygen atoms in total. The fourth-order valence-electron chi connectivity index (χ4n) is 2.80. The van der Waals surface area contributed by atoms with E-state index in [1.165, 1.54) is 0 Å². The maximum absolute atomic E-state index is 11.6. The van der Waals surface area contributed by atoms with E-state index in [9.17, 15) is 4.79 Å². The summed E-state index contributed by atoms with van der Waals surface area (Å²) < 4.78 is 19.4. The Kier molecular flexibility index (Phi) is 3.91. The first-order valence-electron chi connectivity index (χ1n) is 7.85. The summed E-state index contributed by atoms with van der Waals surface area (Å²) in [6.07, 6.45) is 5.29. The molecule has 0 N–H and O–H groups in total. The average Bonchev–Trinajstić information content (AvgIpc) is 2.98. The van der Waals surface area contributed by atoms with Gasteiger partial charge in [0.1, 0.15) is 5.69 Å². The van der Waals surface area contributed by atoms with Gasteiger partial charge in [-0.3, -0.25) is 4.79 Å². The topological polar surface area (TPSA) is 62.6 Å². The summed E-state index contributed by atoms with van der Waals surface area (Å²) in [6, 6.07) is 0. The van der Waals surface area contributed by atoms with Gasteiger partial charge in [-0.15, -0.1) is 0 Å². The van der Waals surface area contributed by atoms with Crippen molar-refractivity contribution in [3.05, 3.63) is 11.9 Å². The molecule has 0 amide bonds. The molecule has 0 radical (unpaired) electrons. The number of rotatable bonds is 3. The molecule has 1 aromatic heterocycles. The van der Waals surface area contributed by atoms with Crippen molar-refractivity contribution in [1.82, 2.24) is 9.78 Å². The zero-order valence-electron chi connectivity index (χ0n) is 13.7. The van der Waals surface area contributed by atoms with Crippen molar-refractivity contribution in [2.24, 2.45) is 0 Å². The number of aromatic nitrogens is 2. The van der Waals surface area contributed by atoms with E-state index in [0.29, 0.717) is 17.8 Å². The molecule has 2 saturated heterocycles. The number of nitrogens with zero attached hydrogens (tertiary/aromatic N) is 2. The summed E-state index contributed by atoms with van der Waals surface area (Å²) in [5.41, 5.74) is 0.260. The lowest BCUT2D eigenvalue weighted by Crippen LogP contribution is -2.41. The molecule has 2 fully saturated rings. The molecule has 1 aromatic rings. The van der Waals surface area contributed by atoms with Crippen LogP contribution in [0.2, 0.25) is 0 Å². The van der Waals surface area contributed by atoms with E-state index < -0.39 is 18.3 Å². The molecular weight excluding hydrogens is 283 g/mol. The van der Waals surface area contributed by atoms with Crippen LogP contribution in [0.15, 0.2) is 6.20 Å². The van der Waals surface area contributed by atoms with Crippen molar-refractivity contribution in [2.45, 2.75) is 64.4 Å². The quantitative estimate of drug-likeness (QED) is 0.628. The molecule has 2 aliphatic heterocycles. The third-order valence-electron chi connectivity index (χ3n) is 4.91. The highest BCUT2D eigenvalue weighted by Gasteiger charge is 2.53. The maximum Gasteiger partial charge on any atom is 0.498 e. The SMILES string of the molecule is CC1(C)OB(c2cnn([C@H]3CCCCO3)c2C=O)OC1(C)C. The van der Waals surface area contributed by atoms with Gasteiger partial charge < -0.3 is 14.0 Å². The van der Waals surface area contributed by atoms with Crippen LogP contribution in [0, 0.1) is 0 Å². The minimum Gasteiger partial charge on any atom is -0.399 e. The Morgan fingerprint density at radius 1 is 1.27 bits per heavy atom. The lowest BCUT2D eigenvalue weighted by atomic mass is 9.79. The van der Waals surface area contributed by atoms with Gasteiger partial charge in [0.2, 0.25) is 0 Å². The second kappa shape index (κ2) is 5.47. The molecule has 0 bridgehead atoms. The minimum atomic E-state index is -0.581. The zero-order valence-corrected chi connectivity index (χ0v) is 13.7. The van der Waals surface area contributed by atoms with Gasteiger partial charge in [-0.05, 0) is 47.0 Å². The zero-order chi connectivity index (χ0) is 16.0. The highest BCUT2D eigenvalue weighted by Crippen LogP contribution is 2.36. The predicted octanol–water partition coefficient (Wildman–Crippen LogP) is 1.69. The average molecular weight is 306 g/mol. The molecule has 0 spiro atoms. The Morgan fingerprint density at radius 3 is 2.50 bits per heavy atom. The summed E-state index contributed by atoms with van der Waals surface area (Å²) in [7, 11) is -0.581. The first kappa shape index (κ1) is 15.7. The third-order valence-corrected chi connectivity index (χ3v) is 4.91. The first-order valence-corrected chi connectivity index (χ1v) is 7.85. The summed E-state index contributed by atoms with van der Waals surface area (Å²) in [4.78, 5) is 11.6. The summed E-state index contributed by atoms with van der Waals surface area (Å²) in [5.74, 6) is 0. The molecule has 3 heterocycles. The van der Waals surface area contributed by atoms with Gasteiger partial charge >= 0.3 is 7.12 Å². The predicted molar refractivity (Wildman–Crippen MR) is 82.2 cm³/mol. The standard InChI is InChI=1S/C15H23BN2O4/c1-14(2)15(3,4)22-16(21-14)11-9-17-18(12(11)10-19)13-7-5-6-8-20-13/h9-10,13H,5-8H2,1-4H3/t13-/m1/s1. The smallest absolute Gasteiger partial charge is 0.399 e. The number of carbonyl (C=O) groups excluding carboxylic acids is 1. The van der Waals surface area contributed by atoms with Crippen molar-refractivity contribution in [2.75, 3.05) is 6.61 Å². The molecular formula is C15H23BN2O4. The van der Waals surface area contributed by atoms with Gasteiger partial charge in [-0.1, -0.05) is 0 Å². The Morgan fingerprint density at radius 2 is 1.95 bits per heavy atom. The van der Waals surface area contributed by atoms with E-state index in [-0.39, 0.29) is 6.23 Å². The van der Waals surface area contributed by atoms with Crippen LogP contribution in [0.4, 0.5) is 0 Å². The van der Waals surface area contributed by atoms with E-state index in [1.807, 2.05) is 27.7 Å². The van der Waals surface area contributed by atoms with Gasteiger partial charge in [0.05, 0.1) is 11.2 Å². The van der Waals surface area contributed by atoms with Crippen molar-refractivity contribution in [3.8, 4) is 0 Å². The Labute approximate surface area is 131 Å². The molecule has 0 unspecified atom stereocenters. The van der Waals surface area contributed by atoms with Crippen LogP contribution in [0.25, 0.3) is 0 Å². The van der Waals surface area contributed by atoms with Crippen LogP contribution in [0.5, 0.6) is 0 Å². The normalized spacial score (nSPS) is 27.1. The van der Waals surface area contributed by atoms with Gasteiger partial charge in [-0.25, -0.2) is 4.68 Å². The Balaban J connectivity index is 1.89. The van der Waals surface area contributed by atoms with Crippen molar-refractivity contribution < 1.29 is 18.8 Å². The summed E-state index contributed by atoms with van der Waals surface area (Å²) >= 11 is 0. The summed E-state index contributed by atoms with van der Waals surface area (Å²) in [6.45, 7) is 8.66. The molecule has 0 aromatic carbocycles. The van der Waals surface area contributed by atoms with Crippen LogP contribution < -0.4 is 5.46 Å². The molecule has 22 heavy (non-hydrogen) atoms. The second-order valence-electron chi connectivity index (χ2n) is 6.96. The molecule has 1 atom stereocenters. The van der Waals surface area contributed by atoms with Gasteiger partial charge in [-0.2, -0.15) is 5.10 Å². The number of hydrogen-bond donors (Lipinski definition) is 0. The first-order chi connectivity index (χ1) is 10.4. The highest BCUT2D eigenvalue weighted by molar-refractivity contribution is 6.63. The van der Waals surface area contributed by atoms with Crippen LogP contribution in [-0.4, -0.2) is 41.0 Å². The highest BCUT2D eigenvalue weighted by atomic mass is 16.7. The van der Waals surface area contributed by atoms with E-state index in [4.69, 9.17) is 14.0 Å². The van der Waals surface area contributed by atoms with Crippen molar-refractivity contribution in [3.63, 3.8) is 0 Å². The molecule has 0 aliphatic carbocycles. The maximum atomic E-state index is 11.6. The number of ether oxygens (including phenoxy) is 1. The molecule has 2 aliphatic rings. The van der Waals surface area contributed by atoms with E-state index in [0.717, 1.165) is 25.5 Å². The van der Waals surface area contributed by atoms with Crippen molar-refractivity contribution >= 4 is 18.9 Å². The van der Waals surface area contributed by atoms with Crippen LogP contribution in [0.1, 0.15) is 63.7 Å². The number of carbonyl (C=O) groups is 1. The number of aldehydes is 1. The van der Waals surface area contributed by atoms with E-state index >= 15 is 0 Å². The van der Waals surface area contributed by atoms with Gasteiger partial charge in [0.25, 0.3) is 0 Å². The van der Waals surface area contributed by atoms with Gasteiger partial charge in [0, 0.05) is 18.3 Å². The monoisotopic (exact) mass is 306 g/mol. The molecule has 7 heteroatoms. The van der Waals surface area contributed by atoms with Crippen LogP contribution in [0.3, 0.4) is 0 Å². The van der Waals surface area contributed by atoms with E-state index in [2.05, 4.69) is 5.10 Å². The lowest BCUT2D eigenvalue weighted by molar-refractivity contribution is -0.0402. The van der Waals surface area contributed by atoms with Gasteiger partial charge in [0.15, 0.2) is 12.5 Å². The summed E-state index contributed by atoms with van der Waals surface area (Å²) in [5, 5.41) is 4.35. The largest absolute Gasteiger partial charge is 0.498 e. The fraction of sp³-hybridized carbons (Fsp3) is 0.733. The fourth-order valence-corrected chi connectivity index (χ4v) is 2.80. The molecule has 3 rings (SSSR count). The Bertz CT molecular complexity index is 548. The van der Waals surface area contributed by atoms with E-state index in [1.54, 1.807) is 10.9 Å². The third kappa shape index (κ3) is 2.51. The van der Waals surface area contributed by atoms with Crippen LogP contribution in [-0.2, 0) is 14.0 Å².